The number of nitrogens with zero attached hydrogens (tertiary/aromatic N) is 3. The number of carbonyl (C=O) groups excluding carboxylic acids is 1. The number of thioether (sulfide) groups is 1. The molecule has 4 rings (SSSR count). The standard InChI is InChI=1S/C24H18Cl2N4O4S/c1-14(22(31)27-21-12-17(30(33)34)8-10-19(21)26)35-24-28-20-11-16(25)7-9-18(20)23(32)29(24)13-15-5-3-2-4-6-15/h2-12,14H,13H2,1H3,(H,27,31). The summed E-state index contributed by atoms with van der Waals surface area (Å²) in [7, 11) is 0. The second kappa shape index (κ2) is 10.5. The molecular weight excluding hydrogens is 511 g/mol. The van der Waals surface area contributed by atoms with E-state index in [4.69, 9.17) is 23.2 Å². The van der Waals surface area contributed by atoms with E-state index < -0.39 is 16.1 Å². The van der Waals surface area contributed by atoms with Crippen molar-refractivity contribution in [1.82, 2.24) is 9.55 Å². The highest BCUT2D eigenvalue weighted by atomic mass is 35.5. The summed E-state index contributed by atoms with van der Waals surface area (Å²) in [5.41, 5.74) is 0.982. The Morgan fingerprint density at radius 1 is 1.14 bits per heavy atom. The van der Waals surface area contributed by atoms with E-state index in [-0.39, 0.29) is 28.5 Å². The van der Waals surface area contributed by atoms with E-state index in [0.29, 0.717) is 21.1 Å². The molecule has 0 radical (unpaired) electrons. The fourth-order valence-corrected chi connectivity index (χ4v) is 4.58. The molecule has 1 N–H and O–H groups in total. The summed E-state index contributed by atoms with van der Waals surface area (Å²) in [6, 6.07) is 18.1. The van der Waals surface area contributed by atoms with Crippen molar-refractivity contribution in [3.63, 3.8) is 0 Å². The molecule has 0 spiro atoms. The molecule has 0 fully saturated rings. The van der Waals surface area contributed by atoms with Crippen LogP contribution >= 0.6 is 35.0 Å². The zero-order chi connectivity index (χ0) is 25.1. The molecule has 1 unspecified atom stereocenters. The van der Waals surface area contributed by atoms with Gasteiger partial charge in [0.2, 0.25) is 5.91 Å². The van der Waals surface area contributed by atoms with Crippen LogP contribution in [0.4, 0.5) is 11.4 Å². The molecule has 0 bridgehead atoms. The average molecular weight is 529 g/mol. The number of fused-ring (bicyclic) bond motifs is 1. The lowest BCUT2D eigenvalue weighted by Gasteiger charge is -2.17. The van der Waals surface area contributed by atoms with Crippen LogP contribution in [0.15, 0.2) is 76.7 Å². The molecule has 0 aliphatic heterocycles. The monoisotopic (exact) mass is 528 g/mol. The number of halogens is 2. The van der Waals surface area contributed by atoms with E-state index in [1.165, 1.54) is 22.8 Å². The van der Waals surface area contributed by atoms with E-state index >= 15 is 0 Å². The number of hydrogen-bond donors (Lipinski definition) is 1. The van der Waals surface area contributed by atoms with Gasteiger partial charge in [-0.1, -0.05) is 65.3 Å². The Balaban J connectivity index is 1.67. The van der Waals surface area contributed by atoms with Crippen molar-refractivity contribution < 1.29 is 9.72 Å². The van der Waals surface area contributed by atoms with Gasteiger partial charge in [-0.05, 0) is 36.8 Å². The third-order valence-electron chi connectivity index (χ3n) is 5.14. The van der Waals surface area contributed by atoms with Gasteiger partial charge >= 0.3 is 0 Å². The minimum Gasteiger partial charge on any atom is -0.324 e. The van der Waals surface area contributed by atoms with Gasteiger partial charge in [0.25, 0.3) is 11.2 Å². The van der Waals surface area contributed by atoms with Gasteiger partial charge in [-0.15, -0.1) is 0 Å². The van der Waals surface area contributed by atoms with Gasteiger partial charge in [0.1, 0.15) is 0 Å². The van der Waals surface area contributed by atoms with Crippen molar-refractivity contribution in [1.29, 1.82) is 0 Å². The normalized spacial score (nSPS) is 11.9. The SMILES string of the molecule is CC(Sc1nc2cc(Cl)ccc2c(=O)n1Cc1ccccc1)C(=O)Nc1cc([N+](=O)[O-])ccc1Cl. The smallest absolute Gasteiger partial charge is 0.271 e. The van der Waals surface area contributed by atoms with E-state index in [1.54, 1.807) is 25.1 Å². The molecule has 8 nitrogen and oxygen atoms in total. The fourth-order valence-electron chi connectivity index (χ4n) is 3.34. The molecule has 4 aromatic rings. The molecule has 3 aromatic carbocycles. The maximum Gasteiger partial charge on any atom is 0.271 e. The first kappa shape index (κ1) is 24.7. The van der Waals surface area contributed by atoms with Crippen LogP contribution in [0, 0.1) is 10.1 Å². The highest BCUT2D eigenvalue weighted by molar-refractivity contribution is 8.00. The summed E-state index contributed by atoms with van der Waals surface area (Å²) in [6.07, 6.45) is 0. The Kier molecular flexibility index (Phi) is 7.39. The molecule has 0 aliphatic rings. The minimum atomic E-state index is -0.712. The van der Waals surface area contributed by atoms with Crippen LogP contribution in [-0.4, -0.2) is 25.6 Å². The number of nitro benzene ring substituents is 1. The summed E-state index contributed by atoms with van der Waals surface area (Å²) in [5.74, 6) is -0.455. The van der Waals surface area contributed by atoms with Gasteiger partial charge in [0, 0.05) is 17.2 Å². The van der Waals surface area contributed by atoms with Gasteiger partial charge in [0.15, 0.2) is 5.16 Å². The number of non-ortho nitro benzene ring substituents is 1. The van der Waals surface area contributed by atoms with Crippen molar-refractivity contribution in [3.05, 3.63) is 103 Å². The van der Waals surface area contributed by atoms with Crippen molar-refractivity contribution >= 4 is 63.1 Å². The molecule has 1 atom stereocenters. The van der Waals surface area contributed by atoms with E-state index in [1.807, 2.05) is 30.3 Å². The van der Waals surface area contributed by atoms with Gasteiger partial charge in [-0.3, -0.25) is 24.3 Å². The number of carbonyl (C=O) groups is 1. The average Bonchev–Trinajstić information content (AvgIpc) is 2.83. The van der Waals surface area contributed by atoms with Crippen molar-refractivity contribution in [2.45, 2.75) is 23.9 Å². The third kappa shape index (κ3) is 5.64. The number of hydrogen-bond acceptors (Lipinski definition) is 6. The van der Waals surface area contributed by atoms with Crippen LogP contribution in [0.5, 0.6) is 0 Å². The Hall–Kier alpha value is -3.40. The molecule has 178 valence electrons. The molecule has 35 heavy (non-hydrogen) atoms. The Labute approximate surface area is 214 Å². The van der Waals surface area contributed by atoms with Gasteiger partial charge < -0.3 is 5.32 Å². The first-order valence-electron chi connectivity index (χ1n) is 10.4. The molecular formula is C24H18Cl2N4O4S. The molecule has 0 saturated carbocycles. The molecule has 0 saturated heterocycles. The fraction of sp³-hybridized carbons (Fsp3) is 0.125. The van der Waals surface area contributed by atoms with Crippen LogP contribution in [0.2, 0.25) is 10.0 Å². The van der Waals surface area contributed by atoms with Gasteiger partial charge in [-0.25, -0.2) is 4.98 Å². The van der Waals surface area contributed by atoms with Crippen molar-refractivity contribution in [3.8, 4) is 0 Å². The maximum atomic E-state index is 13.3. The minimum absolute atomic E-state index is 0.123. The van der Waals surface area contributed by atoms with Crippen LogP contribution in [0.3, 0.4) is 0 Å². The first-order chi connectivity index (χ1) is 16.7. The lowest BCUT2D eigenvalue weighted by Crippen LogP contribution is -2.27. The second-order valence-electron chi connectivity index (χ2n) is 7.60. The number of amides is 1. The Morgan fingerprint density at radius 2 is 1.89 bits per heavy atom. The highest BCUT2D eigenvalue weighted by Crippen LogP contribution is 2.29. The summed E-state index contributed by atoms with van der Waals surface area (Å²) in [5, 5.41) is 14.3. The lowest BCUT2D eigenvalue weighted by atomic mass is 10.2. The van der Waals surface area contributed by atoms with Crippen LogP contribution in [0.25, 0.3) is 10.9 Å². The predicted octanol–water partition coefficient (Wildman–Crippen LogP) is 5.78. The Bertz CT molecular complexity index is 1490. The molecule has 0 aliphatic carbocycles. The van der Waals surface area contributed by atoms with Crippen molar-refractivity contribution in [2.24, 2.45) is 0 Å². The summed E-state index contributed by atoms with van der Waals surface area (Å²) < 4.78 is 1.51. The van der Waals surface area contributed by atoms with Crippen LogP contribution < -0.4 is 10.9 Å². The first-order valence-corrected chi connectivity index (χ1v) is 12.0. The highest BCUT2D eigenvalue weighted by Gasteiger charge is 2.21. The van der Waals surface area contributed by atoms with Crippen molar-refractivity contribution in [2.75, 3.05) is 5.32 Å². The topological polar surface area (TPSA) is 107 Å². The third-order valence-corrected chi connectivity index (χ3v) is 6.79. The Morgan fingerprint density at radius 3 is 2.60 bits per heavy atom. The number of nitro groups is 1. The second-order valence-corrected chi connectivity index (χ2v) is 9.75. The molecule has 1 heterocycles. The molecule has 1 aromatic heterocycles. The summed E-state index contributed by atoms with van der Waals surface area (Å²) >= 11 is 13.3. The number of rotatable bonds is 7. The molecule has 11 heteroatoms. The van der Waals surface area contributed by atoms with Crippen LogP contribution in [-0.2, 0) is 11.3 Å². The summed E-state index contributed by atoms with van der Waals surface area (Å²) in [6.45, 7) is 1.91. The zero-order valence-corrected chi connectivity index (χ0v) is 20.6. The van der Waals surface area contributed by atoms with E-state index in [9.17, 15) is 19.7 Å². The summed E-state index contributed by atoms with van der Waals surface area (Å²) in [4.78, 5) is 41.4. The zero-order valence-electron chi connectivity index (χ0n) is 18.3. The lowest BCUT2D eigenvalue weighted by molar-refractivity contribution is -0.384. The quantitative estimate of drug-likeness (QED) is 0.141. The van der Waals surface area contributed by atoms with Crippen LogP contribution in [0.1, 0.15) is 12.5 Å². The number of anilines is 1. The maximum absolute atomic E-state index is 13.3. The van der Waals surface area contributed by atoms with Gasteiger partial charge in [0.05, 0.1) is 38.3 Å². The number of benzene rings is 3. The number of aromatic nitrogens is 2. The molecule has 1 amide bonds. The predicted molar refractivity (Wildman–Crippen MR) is 139 cm³/mol. The van der Waals surface area contributed by atoms with Gasteiger partial charge in [-0.2, -0.15) is 0 Å². The van der Waals surface area contributed by atoms with E-state index in [0.717, 1.165) is 17.3 Å². The van der Waals surface area contributed by atoms with E-state index in [2.05, 4.69) is 10.3 Å². The number of nitrogens with one attached hydrogen (secondary N) is 1. The largest absolute Gasteiger partial charge is 0.324 e.